The first-order valence-corrected chi connectivity index (χ1v) is 8.72. The van der Waals surface area contributed by atoms with Gasteiger partial charge in [-0.05, 0) is 58.5 Å². The summed E-state index contributed by atoms with van der Waals surface area (Å²) in [5, 5.41) is 17.0. The molecule has 3 rings (SSSR count). The number of carboxylic acid groups (broad SMARTS) is 1. The van der Waals surface area contributed by atoms with E-state index in [1.165, 1.54) is 0 Å². The van der Waals surface area contributed by atoms with Crippen LogP contribution in [0, 0.1) is 17.8 Å². The summed E-state index contributed by atoms with van der Waals surface area (Å²) in [6.07, 6.45) is 2.93. The number of rotatable bonds is 4. The number of nitrogens with one attached hydrogen (secondary N) is 2. The summed E-state index contributed by atoms with van der Waals surface area (Å²) >= 11 is 4.99. The molecule has 0 aromatic carbocycles. The van der Waals surface area contributed by atoms with Gasteiger partial charge in [0.05, 0.1) is 12.5 Å². The van der Waals surface area contributed by atoms with Crippen LogP contribution in [0.2, 0.25) is 0 Å². The normalized spacial score (nSPS) is 30.3. The van der Waals surface area contributed by atoms with Gasteiger partial charge in [-0.25, -0.2) is 4.79 Å². The first-order chi connectivity index (χ1) is 10.1. The van der Waals surface area contributed by atoms with Crippen LogP contribution in [0.1, 0.15) is 24.1 Å². The topological polar surface area (TPSA) is 78.4 Å². The van der Waals surface area contributed by atoms with E-state index in [0.29, 0.717) is 12.5 Å². The SMILES string of the molecule is O=C(NCc1sccc1Br)NC1C2CCC(C2)C1C(=O)O. The van der Waals surface area contributed by atoms with Crippen LogP contribution in [0.3, 0.4) is 0 Å². The molecule has 1 aromatic heterocycles. The highest BCUT2D eigenvalue weighted by Crippen LogP contribution is 2.48. The number of amides is 2. The van der Waals surface area contributed by atoms with Gasteiger partial charge < -0.3 is 15.7 Å². The zero-order valence-electron chi connectivity index (χ0n) is 11.3. The van der Waals surface area contributed by atoms with Crippen molar-refractivity contribution in [2.75, 3.05) is 0 Å². The number of thiophene rings is 1. The van der Waals surface area contributed by atoms with E-state index >= 15 is 0 Å². The molecule has 2 bridgehead atoms. The zero-order chi connectivity index (χ0) is 15.0. The monoisotopic (exact) mass is 372 g/mol. The lowest BCUT2D eigenvalue weighted by molar-refractivity contribution is -0.144. The van der Waals surface area contributed by atoms with Crippen LogP contribution in [0.25, 0.3) is 0 Å². The average molecular weight is 373 g/mol. The van der Waals surface area contributed by atoms with Crippen molar-refractivity contribution in [1.29, 1.82) is 0 Å². The lowest BCUT2D eigenvalue weighted by Gasteiger charge is -2.28. The van der Waals surface area contributed by atoms with Crippen molar-refractivity contribution in [2.24, 2.45) is 17.8 Å². The zero-order valence-corrected chi connectivity index (χ0v) is 13.7. The van der Waals surface area contributed by atoms with Gasteiger partial charge in [0.1, 0.15) is 0 Å². The summed E-state index contributed by atoms with van der Waals surface area (Å²) in [5.74, 6) is -0.670. The predicted molar refractivity (Wildman–Crippen MR) is 83.1 cm³/mol. The molecule has 114 valence electrons. The third-order valence-electron chi connectivity index (χ3n) is 4.60. The van der Waals surface area contributed by atoms with Crippen molar-refractivity contribution in [3.8, 4) is 0 Å². The van der Waals surface area contributed by atoms with Gasteiger partial charge in [-0.3, -0.25) is 4.79 Å². The van der Waals surface area contributed by atoms with Crippen LogP contribution in [-0.4, -0.2) is 23.1 Å². The van der Waals surface area contributed by atoms with E-state index in [1.54, 1.807) is 11.3 Å². The maximum Gasteiger partial charge on any atom is 0.315 e. The molecule has 2 aliphatic carbocycles. The summed E-state index contributed by atoms with van der Waals surface area (Å²) in [4.78, 5) is 24.5. The molecule has 0 saturated heterocycles. The van der Waals surface area contributed by atoms with Crippen molar-refractivity contribution >= 4 is 39.3 Å². The summed E-state index contributed by atoms with van der Waals surface area (Å²) < 4.78 is 0.983. The highest BCUT2D eigenvalue weighted by Gasteiger charge is 2.51. The second-order valence-electron chi connectivity index (χ2n) is 5.74. The van der Waals surface area contributed by atoms with E-state index in [1.807, 2.05) is 11.4 Å². The van der Waals surface area contributed by atoms with Gasteiger partial charge in [0.25, 0.3) is 0 Å². The Hall–Kier alpha value is -1.08. The lowest BCUT2D eigenvalue weighted by atomic mass is 9.84. The maximum atomic E-state index is 12.0. The fourth-order valence-corrected chi connectivity index (χ4v) is 5.10. The number of halogens is 1. The van der Waals surface area contributed by atoms with E-state index < -0.39 is 11.9 Å². The van der Waals surface area contributed by atoms with Crippen molar-refractivity contribution in [1.82, 2.24) is 10.6 Å². The van der Waals surface area contributed by atoms with E-state index in [0.717, 1.165) is 28.6 Å². The summed E-state index contributed by atoms with van der Waals surface area (Å²) in [6, 6.07) is 1.43. The molecule has 2 aliphatic rings. The predicted octanol–water partition coefficient (Wildman–Crippen LogP) is 2.81. The Morgan fingerprint density at radius 3 is 2.81 bits per heavy atom. The first kappa shape index (κ1) is 14.8. The van der Waals surface area contributed by atoms with Gasteiger partial charge >= 0.3 is 12.0 Å². The van der Waals surface area contributed by atoms with Gasteiger partial charge in [0.2, 0.25) is 0 Å². The molecule has 0 aliphatic heterocycles. The van der Waals surface area contributed by atoms with Crippen LogP contribution in [0.4, 0.5) is 4.79 Å². The average Bonchev–Trinajstić information content (AvgIpc) is 3.12. The first-order valence-electron chi connectivity index (χ1n) is 7.05. The smallest absolute Gasteiger partial charge is 0.315 e. The fraction of sp³-hybridized carbons (Fsp3) is 0.571. The van der Waals surface area contributed by atoms with Gasteiger partial charge in [-0.15, -0.1) is 11.3 Å². The Kier molecular flexibility index (Phi) is 4.21. The number of carbonyl (C=O) groups excluding carboxylic acids is 1. The number of carbonyl (C=O) groups is 2. The Morgan fingerprint density at radius 1 is 1.38 bits per heavy atom. The van der Waals surface area contributed by atoms with Gasteiger partial charge in [-0.2, -0.15) is 0 Å². The van der Waals surface area contributed by atoms with E-state index in [4.69, 9.17) is 0 Å². The quantitative estimate of drug-likeness (QED) is 0.760. The molecular weight excluding hydrogens is 356 g/mol. The fourth-order valence-electron chi connectivity index (χ4n) is 3.67. The Bertz CT molecular complexity index is 562. The Labute approximate surface area is 135 Å². The third-order valence-corrected chi connectivity index (χ3v) is 6.53. The molecule has 0 spiro atoms. The second-order valence-corrected chi connectivity index (χ2v) is 7.60. The number of aliphatic carboxylic acids is 1. The third kappa shape index (κ3) is 2.94. The maximum absolute atomic E-state index is 12.0. The Morgan fingerprint density at radius 2 is 2.14 bits per heavy atom. The van der Waals surface area contributed by atoms with Crippen LogP contribution >= 0.6 is 27.3 Å². The highest BCUT2D eigenvalue weighted by molar-refractivity contribution is 9.10. The standard InChI is InChI=1S/C14H17BrN2O3S/c15-9-3-4-21-10(9)6-16-14(20)17-12-8-2-1-7(5-8)11(12)13(18)19/h3-4,7-8,11-12H,1-2,5-6H2,(H,18,19)(H2,16,17,20). The number of hydrogen-bond acceptors (Lipinski definition) is 3. The Balaban J connectivity index is 1.57. The van der Waals surface area contributed by atoms with E-state index in [-0.39, 0.29) is 18.0 Å². The molecule has 2 saturated carbocycles. The lowest BCUT2D eigenvalue weighted by Crippen LogP contribution is -2.50. The number of carboxylic acids is 1. The molecular formula is C14H17BrN2O3S. The summed E-state index contributed by atoms with van der Waals surface area (Å²) in [5.41, 5.74) is 0. The van der Waals surface area contributed by atoms with Crippen molar-refractivity contribution in [3.63, 3.8) is 0 Å². The van der Waals surface area contributed by atoms with Crippen molar-refractivity contribution in [3.05, 3.63) is 20.8 Å². The second kappa shape index (κ2) is 5.96. The van der Waals surface area contributed by atoms with Crippen LogP contribution in [-0.2, 0) is 11.3 Å². The summed E-state index contributed by atoms with van der Waals surface area (Å²) in [7, 11) is 0. The minimum atomic E-state index is -0.784. The molecule has 2 amide bonds. The van der Waals surface area contributed by atoms with Gasteiger partial charge in [0.15, 0.2) is 0 Å². The van der Waals surface area contributed by atoms with Gasteiger partial charge in [0, 0.05) is 15.4 Å². The molecule has 7 heteroatoms. The number of hydrogen-bond donors (Lipinski definition) is 3. The summed E-state index contributed by atoms with van der Waals surface area (Å²) in [6.45, 7) is 0.447. The minimum Gasteiger partial charge on any atom is -0.481 e. The van der Waals surface area contributed by atoms with Crippen LogP contribution in [0.5, 0.6) is 0 Å². The molecule has 4 unspecified atom stereocenters. The van der Waals surface area contributed by atoms with Crippen molar-refractivity contribution < 1.29 is 14.7 Å². The number of urea groups is 1. The largest absolute Gasteiger partial charge is 0.481 e. The van der Waals surface area contributed by atoms with Crippen LogP contribution in [0.15, 0.2) is 15.9 Å². The van der Waals surface area contributed by atoms with Gasteiger partial charge in [-0.1, -0.05) is 0 Å². The van der Waals surface area contributed by atoms with E-state index in [2.05, 4.69) is 26.6 Å². The molecule has 1 aromatic rings. The molecule has 3 N–H and O–H groups in total. The molecule has 1 heterocycles. The van der Waals surface area contributed by atoms with Crippen molar-refractivity contribution in [2.45, 2.75) is 31.8 Å². The molecule has 4 atom stereocenters. The number of fused-ring (bicyclic) bond motifs is 2. The molecule has 0 radical (unpaired) electrons. The highest BCUT2D eigenvalue weighted by atomic mass is 79.9. The van der Waals surface area contributed by atoms with Crippen LogP contribution < -0.4 is 10.6 Å². The molecule has 5 nitrogen and oxygen atoms in total. The minimum absolute atomic E-state index is 0.226. The van der Waals surface area contributed by atoms with E-state index in [9.17, 15) is 14.7 Å². The molecule has 2 fully saturated rings. The molecule has 21 heavy (non-hydrogen) atoms.